The number of pyridine rings is 1. The van der Waals surface area contributed by atoms with Crippen LogP contribution >= 0.6 is 7.82 Å². The molecule has 0 bridgehead atoms. The maximum absolute atomic E-state index is 14.3. The second kappa shape index (κ2) is 16.4. The summed E-state index contributed by atoms with van der Waals surface area (Å²) in [5, 5.41) is 16.0. The number of nitrogens with zero attached hydrogens (tertiary/aromatic N) is 2. The fraction of sp³-hybridized carbons (Fsp3) is 0.393. The minimum atomic E-state index is -3.95. The average molecular weight is 625 g/mol. The van der Waals surface area contributed by atoms with Crippen molar-refractivity contribution in [1.29, 1.82) is 0 Å². The molecule has 3 N–H and O–H groups in total. The molecule has 0 fully saturated rings. The number of hydrogen-bond donors (Lipinski definition) is 3. The summed E-state index contributed by atoms with van der Waals surface area (Å²) in [6.45, 7) is 3.19. The molecule has 2 atom stereocenters. The molecule has 43 heavy (non-hydrogen) atoms. The van der Waals surface area contributed by atoms with E-state index >= 15 is 0 Å². The molecule has 2 aromatic carbocycles. The molecule has 12 nitrogen and oxygen atoms in total. The van der Waals surface area contributed by atoms with Gasteiger partial charge in [-0.05, 0) is 31.4 Å². The van der Waals surface area contributed by atoms with Crippen LogP contribution in [0.1, 0.15) is 32.8 Å². The summed E-state index contributed by atoms with van der Waals surface area (Å²) >= 11 is 0. The van der Waals surface area contributed by atoms with Crippen LogP contribution < -0.4 is 10.7 Å². The van der Waals surface area contributed by atoms with E-state index in [2.05, 4.69) is 15.7 Å². The number of aliphatic hydroxyl groups excluding tert-OH is 1. The summed E-state index contributed by atoms with van der Waals surface area (Å²) in [7, 11) is -3.95. The molecule has 3 rings (SSSR count). The van der Waals surface area contributed by atoms with Gasteiger partial charge in [0, 0.05) is 37.0 Å². The standard InChI is InChI=1S/C28H35F2N4O8P/c1-4-40-43(38,41-5-2)42-18-24(36)14-23(34(19(3)35)32-16-22-11-8-12-25(29)27(22)30)17-39-28(37)33-26-13-20-9-6-7-10-21(20)15-31-26/h6-13,15,23-24,32,36H,4-5,14,16-18H2,1-3H3,(H,31,33,37). The van der Waals surface area contributed by atoms with Gasteiger partial charge in [-0.25, -0.2) is 28.6 Å². The van der Waals surface area contributed by atoms with E-state index in [9.17, 15) is 28.0 Å². The van der Waals surface area contributed by atoms with Crippen LogP contribution in [0.25, 0.3) is 10.8 Å². The van der Waals surface area contributed by atoms with Crippen molar-refractivity contribution < 1.29 is 46.3 Å². The van der Waals surface area contributed by atoms with Crippen LogP contribution in [0.4, 0.5) is 19.4 Å². The molecule has 1 aromatic heterocycles. The molecule has 0 radical (unpaired) electrons. The van der Waals surface area contributed by atoms with Crippen molar-refractivity contribution in [2.24, 2.45) is 0 Å². The van der Waals surface area contributed by atoms with Crippen LogP contribution in [0.3, 0.4) is 0 Å². The lowest BCUT2D eigenvalue weighted by atomic mass is 10.1. The van der Waals surface area contributed by atoms with Crippen LogP contribution in [0.2, 0.25) is 0 Å². The number of ether oxygens (including phenoxy) is 1. The summed E-state index contributed by atoms with van der Waals surface area (Å²) in [4.78, 5) is 29.4. The van der Waals surface area contributed by atoms with Gasteiger partial charge in [-0.3, -0.25) is 28.7 Å². The minimum absolute atomic E-state index is 0.0314. The second-order valence-electron chi connectivity index (χ2n) is 9.20. The van der Waals surface area contributed by atoms with Gasteiger partial charge < -0.3 is 9.84 Å². The zero-order valence-electron chi connectivity index (χ0n) is 24.0. The average Bonchev–Trinajstić information content (AvgIpc) is 2.97. The summed E-state index contributed by atoms with van der Waals surface area (Å²) in [5.41, 5.74) is 2.65. The molecule has 3 aromatic rings. The van der Waals surface area contributed by atoms with Gasteiger partial charge in [0.15, 0.2) is 11.6 Å². The number of rotatable bonds is 16. The van der Waals surface area contributed by atoms with Crippen molar-refractivity contribution in [2.75, 3.05) is 31.7 Å². The van der Waals surface area contributed by atoms with Crippen LogP contribution in [0, 0.1) is 11.6 Å². The first-order chi connectivity index (χ1) is 20.5. The number of aliphatic hydroxyl groups is 1. The molecule has 2 unspecified atom stereocenters. The van der Waals surface area contributed by atoms with Crippen molar-refractivity contribution in [3.8, 4) is 0 Å². The van der Waals surface area contributed by atoms with E-state index < -0.39 is 56.8 Å². The van der Waals surface area contributed by atoms with E-state index in [-0.39, 0.29) is 37.6 Å². The topological polar surface area (TPSA) is 149 Å². The molecule has 0 aliphatic rings. The van der Waals surface area contributed by atoms with Crippen molar-refractivity contribution in [3.05, 3.63) is 71.9 Å². The van der Waals surface area contributed by atoms with Gasteiger partial charge in [0.2, 0.25) is 5.91 Å². The Hall–Kier alpha value is -3.52. The third-order valence-corrected chi connectivity index (χ3v) is 7.60. The lowest BCUT2D eigenvalue weighted by molar-refractivity contribution is -0.137. The third-order valence-electron chi connectivity index (χ3n) is 5.99. The number of nitrogens with one attached hydrogen (secondary N) is 2. The number of phosphoric acid groups is 1. The van der Waals surface area contributed by atoms with Crippen LogP contribution in [0.5, 0.6) is 0 Å². The normalized spacial score (nSPS) is 13.0. The molecular formula is C28H35F2N4O8P. The number of aromatic nitrogens is 1. The summed E-state index contributed by atoms with van der Waals surface area (Å²) < 4.78 is 61.3. The number of hydrogen-bond acceptors (Lipinski definition) is 10. The number of carbonyl (C=O) groups excluding carboxylic acids is 2. The predicted octanol–water partition coefficient (Wildman–Crippen LogP) is 4.93. The first-order valence-electron chi connectivity index (χ1n) is 13.5. The van der Waals surface area contributed by atoms with Gasteiger partial charge in [-0.15, -0.1) is 0 Å². The van der Waals surface area contributed by atoms with Gasteiger partial charge in [-0.2, -0.15) is 0 Å². The van der Waals surface area contributed by atoms with Gasteiger partial charge in [0.25, 0.3) is 0 Å². The Balaban J connectivity index is 1.73. The molecule has 0 saturated heterocycles. The van der Waals surface area contributed by atoms with Gasteiger partial charge in [0.1, 0.15) is 12.4 Å². The molecule has 0 saturated carbocycles. The molecular weight excluding hydrogens is 589 g/mol. The number of phosphoric ester groups is 1. The number of benzene rings is 2. The molecule has 0 aliphatic heterocycles. The lowest BCUT2D eigenvalue weighted by Gasteiger charge is -2.32. The molecule has 0 spiro atoms. The lowest BCUT2D eigenvalue weighted by Crippen LogP contribution is -2.52. The molecule has 234 valence electrons. The number of hydrazine groups is 1. The van der Waals surface area contributed by atoms with Crippen LogP contribution in [0.15, 0.2) is 54.7 Å². The van der Waals surface area contributed by atoms with Crippen LogP contribution in [-0.4, -0.2) is 65.7 Å². The number of fused-ring (bicyclic) bond motifs is 1. The van der Waals surface area contributed by atoms with E-state index in [1.807, 2.05) is 24.3 Å². The fourth-order valence-corrected chi connectivity index (χ4v) is 5.26. The van der Waals surface area contributed by atoms with Gasteiger partial charge in [-0.1, -0.05) is 36.4 Å². The van der Waals surface area contributed by atoms with E-state index in [0.717, 1.165) is 21.8 Å². The highest BCUT2D eigenvalue weighted by Gasteiger charge is 2.30. The van der Waals surface area contributed by atoms with E-state index in [0.29, 0.717) is 0 Å². The highest BCUT2D eigenvalue weighted by molar-refractivity contribution is 7.48. The zero-order chi connectivity index (χ0) is 31.4. The Morgan fingerprint density at radius 3 is 2.40 bits per heavy atom. The number of anilines is 1. The first-order valence-corrected chi connectivity index (χ1v) is 15.0. The third kappa shape index (κ3) is 10.3. The van der Waals surface area contributed by atoms with Gasteiger partial charge in [0.05, 0.1) is 32.0 Å². The number of halogens is 2. The second-order valence-corrected chi connectivity index (χ2v) is 10.9. The maximum atomic E-state index is 14.3. The molecule has 15 heteroatoms. The highest BCUT2D eigenvalue weighted by Crippen LogP contribution is 2.49. The summed E-state index contributed by atoms with van der Waals surface area (Å²) in [5.74, 6) is -2.51. The quantitative estimate of drug-likeness (QED) is 0.148. The summed E-state index contributed by atoms with van der Waals surface area (Å²) in [6.07, 6.45) is -0.906. The van der Waals surface area contributed by atoms with Crippen molar-refractivity contribution in [3.63, 3.8) is 0 Å². The predicted molar refractivity (Wildman–Crippen MR) is 154 cm³/mol. The smallest absolute Gasteiger partial charge is 0.447 e. The van der Waals surface area contributed by atoms with Crippen molar-refractivity contribution in [2.45, 2.75) is 45.9 Å². The van der Waals surface area contributed by atoms with E-state index in [4.69, 9.17) is 18.3 Å². The Bertz CT molecular complexity index is 1420. The molecule has 0 aliphatic carbocycles. The fourth-order valence-electron chi connectivity index (χ4n) is 4.05. The number of carbonyl (C=O) groups is 2. The first kappa shape index (κ1) is 34.0. The Kier molecular flexibility index (Phi) is 12.9. The monoisotopic (exact) mass is 624 g/mol. The zero-order valence-corrected chi connectivity index (χ0v) is 24.9. The number of amides is 2. The van der Waals surface area contributed by atoms with Gasteiger partial charge >= 0.3 is 13.9 Å². The highest BCUT2D eigenvalue weighted by atomic mass is 31.2. The molecule has 2 amide bonds. The SMILES string of the molecule is CCOP(=O)(OCC)OCC(O)CC(COC(=O)Nc1cc2ccccc2cn1)N(NCc1cccc(F)c1F)C(C)=O. The van der Waals surface area contributed by atoms with Crippen molar-refractivity contribution in [1.82, 2.24) is 15.4 Å². The van der Waals surface area contributed by atoms with Crippen molar-refractivity contribution >= 4 is 36.4 Å². The minimum Gasteiger partial charge on any atom is -0.447 e. The molecule has 1 heterocycles. The van der Waals surface area contributed by atoms with Crippen LogP contribution in [-0.2, 0) is 34.2 Å². The maximum Gasteiger partial charge on any atom is 0.474 e. The Labute approximate surface area is 247 Å². The Morgan fingerprint density at radius 1 is 1.02 bits per heavy atom. The van der Waals surface area contributed by atoms with E-state index in [1.165, 1.54) is 19.1 Å². The Morgan fingerprint density at radius 2 is 1.72 bits per heavy atom. The summed E-state index contributed by atoms with van der Waals surface area (Å²) in [6, 6.07) is 11.6. The van der Waals surface area contributed by atoms with E-state index in [1.54, 1.807) is 26.1 Å². The largest absolute Gasteiger partial charge is 0.474 e.